The van der Waals surface area contributed by atoms with Crippen molar-refractivity contribution >= 4 is 15.9 Å². The van der Waals surface area contributed by atoms with E-state index in [-0.39, 0.29) is 0 Å². The predicted molar refractivity (Wildman–Crippen MR) is 81.0 cm³/mol. The molecule has 18 heavy (non-hydrogen) atoms. The molecule has 0 unspecified atom stereocenters. The number of nitrogens with one attached hydrogen (secondary N) is 1. The van der Waals surface area contributed by atoms with Gasteiger partial charge in [-0.25, -0.2) is 0 Å². The first-order valence-corrected chi connectivity index (χ1v) is 7.12. The molecule has 0 saturated carbocycles. The van der Waals surface area contributed by atoms with Crippen LogP contribution in [0.2, 0.25) is 0 Å². The van der Waals surface area contributed by atoms with Crippen LogP contribution in [-0.4, -0.2) is 26.8 Å². The molecule has 3 heteroatoms. The Labute approximate surface area is 119 Å². The van der Waals surface area contributed by atoms with Gasteiger partial charge in [0.1, 0.15) is 0 Å². The Morgan fingerprint density at radius 1 is 1.33 bits per heavy atom. The molecule has 0 aliphatic carbocycles. The van der Waals surface area contributed by atoms with E-state index >= 15 is 0 Å². The van der Waals surface area contributed by atoms with Gasteiger partial charge in [0.25, 0.3) is 0 Å². The lowest BCUT2D eigenvalue weighted by atomic mass is 10.1. The summed E-state index contributed by atoms with van der Waals surface area (Å²) in [6.45, 7) is 4.90. The van der Waals surface area contributed by atoms with E-state index in [0.717, 1.165) is 32.5 Å². The van der Waals surface area contributed by atoms with Crippen molar-refractivity contribution in [2.75, 3.05) is 26.8 Å². The second-order valence-electron chi connectivity index (χ2n) is 4.35. The summed E-state index contributed by atoms with van der Waals surface area (Å²) in [6, 6.07) is 8.39. The molecule has 0 aromatic heterocycles. The van der Waals surface area contributed by atoms with Crippen LogP contribution in [0.5, 0.6) is 0 Å². The second kappa shape index (κ2) is 9.31. The van der Waals surface area contributed by atoms with Gasteiger partial charge >= 0.3 is 0 Å². The summed E-state index contributed by atoms with van der Waals surface area (Å²) in [5.74, 6) is 0. The van der Waals surface area contributed by atoms with Crippen LogP contribution in [0.3, 0.4) is 0 Å². The van der Waals surface area contributed by atoms with E-state index in [1.807, 2.05) is 6.07 Å². The lowest BCUT2D eigenvalue weighted by Crippen LogP contribution is -2.19. The van der Waals surface area contributed by atoms with Gasteiger partial charge in [-0.15, -0.1) is 0 Å². The fourth-order valence-corrected chi connectivity index (χ4v) is 2.16. The van der Waals surface area contributed by atoms with Crippen LogP contribution in [0, 0.1) is 0 Å². The maximum Gasteiger partial charge on any atom is 0.0587 e. The van der Waals surface area contributed by atoms with Gasteiger partial charge in [0, 0.05) is 18.1 Å². The quantitative estimate of drug-likeness (QED) is 0.585. The highest BCUT2D eigenvalue weighted by Gasteiger charge is 1.99. The van der Waals surface area contributed by atoms with Gasteiger partial charge < -0.3 is 10.1 Å². The largest absolute Gasteiger partial charge is 0.383 e. The predicted octanol–water partition coefficient (Wildman–Crippen LogP) is 3.56. The highest BCUT2D eigenvalue weighted by atomic mass is 79.9. The van der Waals surface area contributed by atoms with E-state index < -0.39 is 0 Å². The highest BCUT2D eigenvalue weighted by Crippen LogP contribution is 2.19. The fourth-order valence-electron chi connectivity index (χ4n) is 1.73. The monoisotopic (exact) mass is 311 g/mol. The third kappa shape index (κ3) is 6.34. The SMILES string of the molecule is COCCNCCC=C(C)Cc1ccccc1Br. The molecule has 0 bridgehead atoms. The molecule has 0 radical (unpaired) electrons. The zero-order valence-electron chi connectivity index (χ0n) is 11.2. The van der Waals surface area contributed by atoms with E-state index in [4.69, 9.17) is 4.74 Å². The molecule has 100 valence electrons. The zero-order valence-corrected chi connectivity index (χ0v) is 12.8. The molecular formula is C15H22BrNO. The number of hydrogen-bond acceptors (Lipinski definition) is 2. The van der Waals surface area contributed by atoms with Crippen LogP contribution < -0.4 is 5.32 Å². The van der Waals surface area contributed by atoms with Gasteiger partial charge in [0.05, 0.1) is 6.61 Å². The first kappa shape index (κ1) is 15.4. The summed E-state index contributed by atoms with van der Waals surface area (Å²) in [5, 5.41) is 3.34. The molecule has 1 rings (SSSR count). The van der Waals surface area contributed by atoms with Crippen molar-refractivity contribution in [2.24, 2.45) is 0 Å². The van der Waals surface area contributed by atoms with Crippen molar-refractivity contribution in [3.8, 4) is 0 Å². The Balaban J connectivity index is 2.28. The van der Waals surface area contributed by atoms with E-state index in [2.05, 4.69) is 52.4 Å². The third-order valence-corrected chi connectivity index (χ3v) is 3.50. The van der Waals surface area contributed by atoms with Crippen LogP contribution >= 0.6 is 15.9 Å². The van der Waals surface area contributed by atoms with E-state index in [1.54, 1.807) is 7.11 Å². The van der Waals surface area contributed by atoms with Gasteiger partial charge in [-0.3, -0.25) is 0 Å². The molecule has 0 heterocycles. The number of rotatable bonds is 8. The molecule has 0 atom stereocenters. The molecule has 0 spiro atoms. The molecule has 2 nitrogen and oxygen atoms in total. The number of halogens is 1. The van der Waals surface area contributed by atoms with Gasteiger partial charge in [-0.2, -0.15) is 0 Å². The maximum absolute atomic E-state index is 4.98. The lowest BCUT2D eigenvalue weighted by Gasteiger charge is -2.05. The van der Waals surface area contributed by atoms with Gasteiger partial charge in [0.15, 0.2) is 0 Å². The maximum atomic E-state index is 4.98. The first-order chi connectivity index (χ1) is 8.74. The average molecular weight is 312 g/mol. The van der Waals surface area contributed by atoms with Gasteiger partial charge in [-0.05, 0) is 37.9 Å². The minimum Gasteiger partial charge on any atom is -0.383 e. The molecule has 0 fully saturated rings. The Kier molecular flexibility index (Phi) is 7.98. The topological polar surface area (TPSA) is 21.3 Å². The molecule has 1 aromatic rings. The van der Waals surface area contributed by atoms with Crippen molar-refractivity contribution in [2.45, 2.75) is 19.8 Å². The van der Waals surface area contributed by atoms with Crippen molar-refractivity contribution in [3.63, 3.8) is 0 Å². The zero-order chi connectivity index (χ0) is 13.2. The summed E-state index contributed by atoms with van der Waals surface area (Å²) < 4.78 is 6.17. The van der Waals surface area contributed by atoms with Gasteiger partial charge in [-0.1, -0.05) is 45.8 Å². The number of benzene rings is 1. The van der Waals surface area contributed by atoms with Crippen molar-refractivity contribution in [1.82, 2.24) is 5.32 Å². The van der Waals surface area contributed by atoms with Crippen LogP contribution in [0.1, 0.15) is 18.9 Å². The van der Waals surface area contributed by atoms with Crippen molar-refractivity contribution in [3.05, 3.63) is 46.0 Å². The summed E-state index contributed by atoms with van der Waals surface area (Å²) in [5.41, 5.74) is 2.76. The van der Waals surface area contributed by atoms with Crippen molar-refractivity contribution < 1.29 is 4.74 Å². The Hall–Kier alpha value is -0.640. The molecule has 0 saturated heterocycles. The highest BCUT2D eigenvalue weighted by molar-refractivity contribution is 9.10. The number of ether oxygens (including phenoxy) is 1. The normalized spacial score (nSPS) is 11.8. The number of methoxy groups -OCH3 is 1. The van der Waals surface area contributed by atoms with Crippen LogP contribution in [0.4, 0.5) is 0 Å². The summed E-state index contributed by atoms with van der Waals surface area (Å²) in [7, 11) is 1.73. The smallest absolute Gasteiger partial charge is 0.0587 e. The number of hydrogen-bond donors (Lipinski definition) is 1. The van der Waals surface area contributed by atoms with Crippen LogP contribution in [0.15, 0.2) is 40.4 Å². The lowest BCUT2D eigenvalue weighted by molar-refractivity contribution is 0.199. The van der Waals surface area contributed by atoms with E-state index in [0.29, 0.717) is 0 Å². The fraction of sp³-hybridized carbons (Fsp3) is 0.467. The molecular weight excluding hydrogens is 290 g/mol. The summed E-state index contributed by atoms with van der Waals surface area (Å²) >= 11 is 3.58. The summed E-state index contributed by atoms with van der Waals surface area (Å²) in [4.78, 5) is 0. The molecule has 0 aliphatic rings. The summed E-state index contributed by atoms with van der Waals surface area (Å²) in [6.07, 6.45) is 4.39. The van der Waals surface area contributed by atoms with Crippen LogP contribution in [0.25, 0.3) is 0 Å². The number of allylic oxidation sites excluding steroid dienone is 1. The van der Waals surface area contributed by atoms with E-state index in [1.165, 1.54) is 15.6 Å². The molecule has 1 N–H and O–H groups in total. The third-order valence-electron chi connectivity index (χ3n) is 2.72. The molecule has 0 amide bonds. The molecule has 0 aliphatic heterocycles. The van der Waals surface area contributed by atoms with Crippen LogP contribution in [-0.2, 0) is 11.2 Å². The minimum atomic E-state index is 0.777. The Bertz CT molecular complexity index is 377. The minimum absolute atomic E-state index is 0.777. The van der Waals surface area contributed by atoms with Gasteiger partial charge in [0.2, 0.25) is 0 Å². The second-order valence-corrected chi connectivity index (χ2v) is 5.20. The standard InChI is InChI=1S/C15H22BrNO/c1-13(6-5-9-17-10-11-18-2)12-14-7-3-4-8-15(14)16/h3-4,6-8,17H,5,9-12H2,1-2H3. The first-order valence-electron chi connectivity index (χ1n) is 6.32. The molecule has 1 aromatic carbocycles. The average Bonchev–Trinajstić information content (AvgIpc) is 2.36. The Morgan fingerprint density at radius 3 is 2.83 bits per heavy atom. The van der Waals surface area contributed by atoms with E-state index in [9.17, 15) is 0 Å². The van der Waals surface area contributed by atoms with Crippen molar-refractivity contribution in [1.29, 1.82) is 0 Å². The Morgan fingerprint density at radius 2 is 2.11 bits per heavy atom.